The highest BCUT2D eigenvalue weighted by Crippen LogP contribution is 2.37. The van der Waals surface area contributed by atoms with Crippen LogP contribution in [0.4, 0.5) is 5.13 Å². The van der Waals surface area contributed by atoms with Gasteiger partial charge in [0.15, 0.2) is 5.13 Å². The summed E-state index contributed by atoms with van der Waals surface area (Å²) in [5.74, 6) is 0.884. The van der Waals surface area contributed by atoms with E-state index in [4.69, 9.17) is 4.98 Å². The van der Waals surface area contributed by atoms with Gasteiger partial charge in [-0.2, -0.15) is 0 Å². The molecule has 1 unspecified atom stereocenters. The molecular formula is C16H27N3S. The Morgan fingerprint density at radius 2 is 2.00 bits per heavy atom. The van der Waals surface area contributed by atoms with Crippen molar-refractivity contribution in [1.29, 1.82) is 0 Å². The van der Waals surface area contributed by atoms with E-state index in [2.05, 4.69) is 24.3 Å². The van der Waals surface area contributed by atoms with Gasteiger partial charge in [0.05, 0.1) is 5.69 Å². The number of nitrogens with one attached hydrogen (secondary N) is 1. The number of hydrogen-bond acceptors (Lipinski definition) is 4. The fourth-order valence-electron chi connectivity index (χ4n) is 3.68. The number of nitrogens with zero attached hydrogens (tertiary/aromatic N) is 2. The van der Waals surface area contributed by atoms with Crippen molar-refractivity contribution in [2.75, 3.05) is 25.5 Å². The predicted octanol–water partition coefficient (Wildman–Crippen LogP) is 3.76. The molecule has 0 aliphatic heterocycles. The Hall–Kier alpha value is -0.610. The maximum absolute atomic E-state index is 4.92. The Morgan fingerprint density at radius 3 is 2.75 bits per heavy atom. The van der Waals surface area contributed by atoms with Gasteiger partial charge in [0.2, 0.25) is 0 Å². The molecule has 0 bridgehead atoms. The van der Waals surface area contributed by atoms with Crippen LogP contribution in [0.2, 0.25) is 0 Å². The van der Waals surface area contributed by atoms with E-state index in [1.165, 1.54) is 73.6 Å². The molecule has 1 fully saturated rings. The standard InChI is InChI=1S/C16H27N3S/c1-17-13-9-6-10-14-15(13)20-16(18-14)19(2)11-12-7-4-3-5-8-12/h12-13,17H,3-11H2,1-2H3. The fourth-order valence-corrected chi connectivity index (χ4v) is 4.91. The molecule has 3 rings (SSSR count). The molecule has 1 heterocycles. The first kappa shape index (κ1) is 14.3. The van der Waals surface area contributed by atoms with Gasteiger partial charge in [0.1, 0.15) is 0 Å². The lowest BCUT2D eigenvalue weighted by Gasteiger charge is -2.26. The van der Waals surface area contributed by atoms with Gasteiger partial charge < -0.3 is 10.2 Å². The molecule has 1 aromatic heterocycles. The first-order valence-electron chi connectivity index (χ1n) is 8.16. The summed E-state index contributed by atoms with van der Waals surface area (Å²) in [7, 11) is 4.30. The lowest BCUT2D eigenvalue weighted by atomic mass is 9.89. The lowest BCUT2D eigenvalue weighted by molar-refractivity contribution is 0.362. The van der Waals surface area contributed by atoms with Crippen LogP contribution in [-0.2, 0) is 6.42 Å². The summed E-state index contributed by atoms with van der Waals surface area (Å²) < 4.78 is 0. The van der Waals surface area contributed by atoms with Crippen molar-refractivity contribution in [2.24, 2.45) is 5.92 Å². The van der Waals surface area contributed by atoms with Gasteiger partial charge in [-0.15, -0.1) is 0 Å². The third kappa shape index (κ3) is 3.01. The van der Waals surface area contributed by atoms with Crippen LogP contribution in [0.1, 0.15) is 61.6 Å². The summed E-state index contributed by atoms with van der Waals surface area (Å²) in [5, 5.41) is 4.68. The largest absolute Gasteiger partial charge is 0.351 e. The van der Waals surface area contributed by atoms with Crippen LogP contribution in [0, 0.1) is 5.92 Å². The summed E-state index contributed by atoms with van der Waals surface area (Å²) in [4.78, 5) is 8.82. The molecular weight excluding hydrogens is 266 g/mol. The van der Waals surface area contributed by atoms with E-state index < -0.39 is 0 Å². The molecule has 1 aromatic rings. The summed E-state index contributed by atoms with van der Waals surface area (Å²) >= 11 is 1.92. The minimum absolute atomic E-state index is 0.535. The molecule has 112 valence electrons. The van der Waals surface area contributed by atoms with Crippen LogP contribution in [0.5, 0.6) is 0 Å². The van der Waals surface area contributed by atoms with E-state index in [-0.39, 0.29) is 0 Å². The van der Waals surface area contributed by atoms with Crippen molar-refractivity contribution in [3.8, 4) is 0 Å². The van der Waals surface area contributed by atoms with Gasteiger partial charge in [0.25, 0.3) is 0 Å². The highest BCUT2D eigenvalue weighted by Gasteiger charge is 2.25. The van der Waals surface area contributed by atoms with Crippen molar-refractivity contribution in [2.45, 2.75) is 57.4 Å². The molecule has 0 radical (unpaired) electrons. The molecule has 2 aliphatic carbocycles. The fraction of sp³-hybridized carbons (Fsp3) is 0.812. The smallest absolute Gasteiger partial charge is 0.185 e. The number of rotatable bonds is 4. The summed E-state index contributed by atoms with van der Waals surface area (Å²) in [6.45, 7) is 1.19. The Labute approximate surface area is 126 Å². The molecule has 0 amide bonds. The van der Waals surface area contributed by atoms with E-state index in [1.807, 2.05) is 11.3 Å². The van der Waals surface area contributed by atoms with E-state index in [1.54, 1.807) is 0 Å². The minimum Gasteiger partial charge on any atom is -0.351 e. The molecule has 20 heavy (non-hydrogen) atoms. The third-order valence-corrected chi connectivity index (χ3v) is 6.20. The van der Waals surface area contributed by atoms with E-state index in [9.17, 15) is 0 Å². The van der Waals surface area contributed by atoms with Crippen LogP contribution in [-0.4, -0.2) is 25.6 Å². The van der Waals surface area contributed by atoms with Gasteiger partial charge in [-0.05, 0) is 45.1 Å². The molecule has 4 heteroatoms. The van der Waals surface area contributed by atoms with Crippen molar-refractivity contribution in [3.63, 3.8) is 0 Å². The Kier molecular flexibility index (Phi) is 4.61. The number of fused-ring (bicyclic) bond motifs is 1. The lowest BCUT2D eigenvalue weighted by Crippen LogP contribution is -2.26. The Morgan fingerprint density at radius 1 is 1.20 bits per heavy atom. The summed E-state index contributed by atoms with van der Waals surface area (Å²) in [6.07, 6.45) is 10.8. The maximum atomic E-state index is 4.92. The molecule has 0 aromatic carbocycles. The Balaban J connectivity index is 1.68. The van der Waals surface area contributed by atoms with Gasteiger partial charge in [-0.3, -0.25) is 0 Å². The second-order valence-electron chi connectivity index (χ2n) is 6.43. The van der Waals surface area contributed by atoms with Crippen LogP contribution in [0.25, 0.3) is 0 Å². The highest BCUT2D eigenvalue weighted by molar-refractivity contribution is 7.15. The zero-order valence-corrected chi connectivity index (χ0v) is 13.6. The highest BCUT2D eigenvalue weighted by atomic mass is 32.1. The van der Waals surface area contributed by atoms with Crippen LogP contribution >= 0.6 is 11.3 Å². The molecule has 0 spiro atoms. The SMILES string of the molecule is CNC1CCCc2nc(N(C)CC3CCCCC3)sc21. The quantitative estimate of drug-likeness (QED) is 0.916. The molecule has 1 N–H and O–H groups in total. The second-order valence-corrected chi connectivity index (χ2v) is 7.43. The zero-order valence-electron chi connectivity index (χ0n) is 12.8. The van der Waals surface area contributed by atoms with E-state index >= 15 is 0 Å². The molecule has 1 saturated carbocycles. The van der Waals surface area contributed by atoms with Crippen molar-refractivity contribution in [1.82, 2.24) is 10.3 Å². The third-order valence-electron chi connectivity index (χ3n) is 4.87. The topological polar surface area (TPSA) is 28.2 Å². The first-order chi connectivity index (χ1) is 9.78. The monoisotopic (exact) mass is 293 g/mol. The molecule has 1 atom stereocenters. The van der Waals surface area contributed by atoms with Gasteiger partial charge in [-0.25, -0.2) is 4.98 Å². The number of aromatic nitrogens is 1. The second kappa shape index (κ2) is 6.44. The summed E-state index contributed by atoms with van der Waals surface area (Å²) in [5.41, 5.74) is 1.35. The molecule has 3 nitrogen and oxygen atoms in total. The van der Waals surface area contributed by atoms with Gasteiger partial charge >= 0.3 is 0 Å². The van der Waals surface area contributed by atoms with E-state index in [0.29, 0.717) is 6.04 Å². The average molecular weight is 293 g/mol. The van der Waals surface area contributed by atoms with Crippen LogP contribution in [0.3, 0.4) is 0 Å². The van der Waals surface area contributed by atoms with Crippen molar-refractivity contribution < 1.29 is 0 Å². The number of aryl methyl sites for hydroxylation is 1. The number of anilines is 1. The number of thiazole rings is 1. The maximum Gasteiger partial charge on any atom is 0.185 e. The predicted molar refractivity (Wildman–Crippen MR) is 86.7 cm³/mol. The zero-order chi connectivity index (χ0) is 13.9. The van der Waals surface area contributed by atoms with Crippen LogP contribution in [0.15, 0.2) is 0 Å². The van der Waals surface area contributed by atoms with E-state index in [0.717, 1.165) is 5.92 Å². The van der Waals surface area contributed by atoms with Gasteiger partial charge in [0, 0.05) is 24.5 Å². The van der Waals surface area contributed by atoms with Gasteiger partial charge in [-0.1, -0.05) is 30.6 Å². The minimum atomic E-state index is 0.535. The average Bonchev–Trinajstić information content (AvgIpc) is 2.92. The van der Waals surface area contributed by atoms with Crippen molar-refractivity contribution in [3.05, 3.63) is 10.6 Å². The Bertz CT molecular complexity index is 437. The van der Waals surface area contributed by atoms with Crippen LogP contribution < -0.4 is 10.2 Å². The first-order valence-corrected chi connectivity index (χ1v) is 8.97. The molecule has 2 aliphatic rings. The number of hydrogen-bond donors (Lipinski definition) is 1. The summed E-state index contributed by atoms with van der Waals surface area (Å²) in [6, 6.07) is 0.535. The molecule has 0 saturated heterocycles. The normalized spacial score (nSPS) is 23.6. The van der Waals surface area contributed by atoms with Crippen molar-refractivity contribution >= 4 is 16.5 Å².